The smallest absolute Gasteiger partial charge is 0.260 e. The summed E-state index contributed by atoms with van der Waals surface area (Å²) >= 11 is 5.88. The van der Waals surface area contributed by atoms with Crippen LogP contribution in [0.1, 0.15) is 30.1 Å². The van der Waals surface area contributed by atoms with E-state index < -0.39 is 6.10 Å². The Balaban J connectivity index is 2.17. The summed E-state index contributed by atoms with van der Waals surface area (Å²) in [6.07, 6.45) is 1.91. The van der Waals surface area contributed by atoms with Gasteiger partial charge in [-0.15, -0.1) is 0 Å². The number of carbonyl (C=O) groups excluding carboxylic acids is 2. The fraction of sp³-hybridized carbons (Fsp3) is 0.429. The first kappa shape index (κ1) is 14.7. The number of aldehydes is 1. The third-order valence-corrected chi connectivity index (χ3v) is 3.20. The number of amides is 1. The van der Waals surface area contributed by atoms with E-state index in [-0.39, 0.29) is 23.3 Å². The lowest BCUT2D eigenvalue weighted by Crippen LogP contribution is -2.37. The van der Waals surface area contributed by atoms with Crippen LogP contribution in [0.2, 0.25) is 5.02 Å². The molecule has 1 aromatic rings. The van der Waals surface area contributed by atoms with Crippen molar-refractivity contribution in [3.8, 4) is 11.5 Å². The Bertz CT molecular complexity index is 528. The maximum atomic E-state index is 11.9. The number of rotatable bonds is 6. The molecule has 1 amide bonds. The van der Waals surface area contributed by atoms with Crippen LogP contribution in [-0.2, 0) is 4.79 Å². The minimum atomic E-state index is -0.718. The van der Waals surface area contributed by atoms with Crippen molar-refractivity contribution >= 4 is 23.8 Å². The molecule has 1 N–H and O–H groups in total. The predicted octanol–water partition coefficient (Wildman–Crippen LogP) is 2.21. The summed E-state index contributed by atoms with van der Waals surface area (Å²) in [6, 6.07) is 3.26. The monoisotopic (exact) mass is 297 g/mol. The third-order valence-electron chi connectivity index (χ3n) is 2.98. The third kappa shape index (κ3) is 3.42. The predicted molar refractivity (Wildman–Crippen MR) is 74.6 cm³/mol. The van der Waals surface area contributed by atoms with Crippen LogP contribution < -0.4 is 14.8 Å². The second-order valence-corrected chi connectivity index (χ2v) is 5.12. The molecule has 0 heterocycles. The lowest BCUT2D eigenvalue weighted by atomic mass is 10.2. The van der Waals surface area contributed by atoms with Gasteiger partial charge in [0.1, 0.15) is 0 Å². The van der Waals surface area contributed by atoms with E-state index >= 15 is 0 Å². The number of hydrogen-bond donors (Lipinski definition) is 1. The highest BCUT2D eigenvalue weighted by molar-refractivity contribution is 6.31. The van der Waals surface area contributed by atoms with Gasteiger partial charge >= 0.3 is 0 Å². The molecule has 0 radical (unpaired) electrons. The summed E-state index contributed by atoms with van der Waals surface area (Å²) in [6.45, 7) is 1.63. The van der Waals surface area contributed by atoms with Gasteiger partial charge in [0.15, 0.2) is 23.9 Å². The molecule has 2 rings (SSSR count). The molecule has 0 spiro atoms. The number of nitrogens with one attached hydrogen (secondary N) is 1. The van der Waals surface area contributed by atoms with Gasteiger partial charge in [-0.1, -0.05) is 11.6 Å². The van der Waals surface area contributed by atoms with Gasteiger partial charge in [-0.25, -0.2) is 0 Å². The van der Waals surface area contributed by atoms with Crippen molar-refractivity contribution in [1.29, 1.82) is 0 Å². The molecule has 1 saturated carbocycles. The van der Waals surface area contributed by atoms with Crippen LogP contribution in [0.4, 0.5) is 0 Å². The zero-order valence-electron chi connectivity index (χ0n) is 11.3. The summed E-state index contributed by atoms with van der Waals surface area (Å²) in [5.74, 6) is 0.345. The summed E-state index contributed by atoms with van der Waals surface area (Å²) in [4.78, 5) is 23.0. The van der Waals surface area contributed by atoms with E-state index in [4.69, 9.17) is 21.1 Å². The van der Waals surface area contributed by atoms with Crippen LogP contribution in [0.25, 0.3) is 0 Å². The fourth-order valence-electron chi connectivity index (χ4n) is 1.73. The molecule has 1 aliphatic carbocycles. The molecule has 20 heavy (non-hydrogen) atoms. The fourth-order valence-corrected chi connectivity index (χ4v) is 1.95. The maximum absolute atomic E-state index is 11.9. The van der Waals surface area contributed by atoms with Gasteiger partial charge in [0.2, 0.25) is 0 Å². The first-order chi connectivity index (χ1) is 9.55. The van der Waals surface area contributed by atoms with Crippen LogP contribution in [0.3, 0.4) is 0 Å². The van der Waals surface area contributed by atoms with Gasteiger partial charge in [-0.05, 0) is 25.8 Å². The van der Waals surface area contributed by atoms with E-state index in [9.17, 15) is 9.59 Å². The molecule has 5 nitrogen and oxygen atoms in total. The molecule has 1 aliphatic rings. The average molecular weight is 298 g/mol. The van der Waals surface area contributed by atoms with E-state index in [0.29, 0.717) is 17.1 Å². The molecule has 0 aromatic heterocycles. The van der Waals surface area contributed by atoms with Gasteiger partial charge in [-0.3, -0.25) is 9.59 Å². The zero-order valence-corrected chi connectivity index (χ0v) is 12.1. The molecule has 0 bridgehead atoms. The Morgan fingerprint density at radius 1 is 1.50 bits per heavy atom. The van der Waals surface area contributed by atoms with Gasteiger partial charge < -0.3 is 14.8 Å². The van der Waals surface area contributed by atoms with E-state index in [1.54, 1.807) is 6.92 Å². The summed E-state index contributed by atoms with van der Waals surface area (Å²) in [5.41, 5.74) is 0.250. The number of halogens is 1. The highest BCUT2D eigenvalue weighted by Gasteiger charge is 2.27. The maximum Gasteiger partial charge on any atom is 0.260 e. The van der Waals surface area contributed by atoms with Crippen molar-refractivity contribution in [2.24, 2.45) is 0 Å². The first-order valence-corrected chi connectivity index (χ1v) is 6.72. The second kappa shape index (κ2) is 6.13. The van der Waals surface area contributed by atoms with Crippen molar-refractivity contribution in [3.05, 3.63) is 22.7 Å². The topological polar surface area (TPSA) is 64.6 Å². The standard InChI is InChI=1S/C14H16ClNO4/c1-8(14(18)16-11-3-4-11)20-13-9(7-17)5-10(15)6-12(13)19-2/h5-8,11H,3-4H2,1-2H3,(H,16,18). The molecular formula is C14H16ClNO4. The van der Waals surface area contributed by atoms with Crippen molar-refractivity contribution in [1.82, 2.24) is 5.32 Å². The number of hydrogen-bond acceptors (Lipinski definition) is 4. The summed E-state index contributed by atoms with van der Waals surface area (Å²) in [7, 11) is 1.45. The molecular weight excluding hydrogens is 282 g/mol. The largest absolute Gasteiger partial charge is 0.493 e. The molecule has 0 aliphatic heterocycles. The number of methoxy groups -OCH3 is 1. The Hall–Kier alpha value is -1.75. The minimum Gasteiger partial charge on any atom is -0.493 e. The average Bonchev–Trinajstić information content (AvgIpc) is 3.23. The molecule has 1 aromatic carbocycles. The Kier molecular flexibility index (Phi) is 4.49. The van der Waals surface area contributed by atoms with E-state index in [1.165, 1.54) is 19.2 Å². The molecule has 1 atom stereocenters. The van der Waals surface area contributed by atoms with Crippen LogP contribution in [0, 0.1) is 0 Å². The van der Waals surface area contributed by atoms with Gasteiger partial charge in [0.25, 0.3) is 5.91 Å². The zero-order chi connectivity index (χ0) is 14.7. The van der Waals surface area contributed by atoms with E-state index in [1.807, 2.05) is 0 Å². The van der Waals surface area contributed by atoms with E-state index in [0.717, 1.165) is 12.8 Å². The Labute approximate surface area is 122 Å². The van der Waals surface area contributed by atoms with Crippen molar-refractivity contribution in [2.75, 3.05) is 7.11 Å². The number of benzene rings is 1. The quantitative estimate of drug-likeness (QED) is 0.818. The summed E-state index contributed by atoms with van der Waals surface area (Å²) < 4.78 is 10.7. The molecule has 108 valence electrons. The first-order valence-electron chi connectivity index (χ1n) is 6.35. The Morgan fingerprint density at radius 2 is 2.20 bits per heavy atom. The van der Waals surface area contributed by atoms with Crippen LogP contribution in [0.5, 0.6) is 11.5 Å². The minimum absolute atomic E-state index is 0.207. The van der Waals surface area contributed by atoms with Gasteiger partial charge in [0.05, 0.1) is 12.7 Å². The number of ether oxygens (including phenoxy) is 2. The van der Waals surface area contributed by atoms with Crippen LogP contribution in [-0.4, -0.2) is 31.4 Å². The highest BCUT2D eigenvalue weighted by Crippen LogP contribution is 2.34. The van der Waals surface area contributed by atoms with E-state index in [2.05, 4.69) is 5.32 Å². The van der Waals surface area contributed by atoms with Crippen molar-refractivity contribution < 1.29 is 19.1 Å². The molecule has 1 unspecified atom stereocenters. The van der Waals surface area contributed by atoms with Crippen molar-refractivity contribution in [3.63, 3.8) is 0 Å². The lowest BCUT2D eigenvalue weighted by molar-refractivity contribution is -0.127. The lowest BCUT2D eigenvalue weighted by Gasteiger charge is -2.18. The van der Waals surface area contributed by atoms with Gasteiger partial charge in [-0.2, -0.15) is 0 Å². The SMILES string of the molecule is COc1cc(Cl)cc(C=O)c1OC(C)C(=O)NC1CC1. The highest BCUT2D eigenvalue weighted by atomic mass is 35.5. The molecule has 1 fully saturated rings. The Morgan fingerprint density at radius 3 is 2.75 bits per heavy atom. The van der Waals surface area contributed by atoms with Crippen molar-refractivity contribution in [2.45, 2.75) is 31.9 Å². The van der Waals surface area contributed by atoms with Gasteiger partial charge in [0, 0.05) is 17.1 Å². The normalized spacial score (nSPS) is 15.3. The van der Waals surface area contributed by atoms with Crippen LogP contribution >= 0.6 is 11.6 Å². The second-order valence-electron chi connectivity index (χ2n) is 4.69. The molecule has 6 heteroatoms. The molecule has 0 saturated heterocycles. The number of carbonyl (C=O) groups is 2. The van der Waals surface area contributed by atoms with Crippen LogP contribution in [0.15, 0.2) is 12.1 Å². The summed E-state index contributed by atoms with van der Waals surface area (Å²) in [5, 5.41) is 3.21.